The molecule has 19 heavy (non-hydrogen) atoms. The first kappa shape index (κ1) is 12.8. The average molecular weight is 255 g/mol. The molecule has 2 heterocycles. The van der Waals surface area contributed by atoms with Crippen molar-refractivity contribution in [2.45, 2.75) is 0 Å². The number of carbonyl (C=O) groups excluding carboxylic acids is 1. The molecule has 0 atom stereocenters. The van der Waals surface area contributed by atoms with Crippen molar-refractivity contribution in [2.24, 2.45) is 12.8 Å². The third-order valence-corrected chi connectivity index (χ3v) is 2.35. The molecule has 0 unspecified atom stereocenters. The normalized spacial score (nSPS) is 9.58. The summed E-state index contributed by atoms with van der Waals surface area (Å²) in [5.74, 6) is 5.74. The van der Waals surface area contributed by atoms with E-state index in [0.29, 0.717) is 16.9 Å². The van der Waals surface area contributed by atoms with Gasteiger partial charge in [0.25, 0.3) is 5.91 Å². The fourth-order valence-corrected chi connectivity index (χ4v) is 1.50. The molecule has 0 saturated carbocycles. The Bertz CT molecular complexity index is 650. The van der Waals surface area contributed by atoms with E-state index in [1.54, 1.807) is 36.3 Å². The Balaban J connectivity index is 2.23. The van der Waals surface area contributed by atoms with Crippen LogP contribution in [0.4, 0.5) is 5.82 Å². The lowest BCUT2D eigenvalue weighted by atomic mass is 10.1. The SMILES string of the molecule is Cn1ccc(NC(=O)c2ccncc2C#CCN)n1. The van der Waals surface area contributed by atoms with E-state index in [1.807, 2.05) is 0 Å². The summed E-state index contributed by atoms with van der Waals surface area (Å²) in [5, 5.41) is 6.78. The van der Waals surface area contributed by atoms with Crippen molar-refractivity contribution in [3.63, 3.8) is 0 Å². The second kappa shape index (κ2) is 5.80. The molecular weight excluding hydrogens is 242 g/mol. The fraction of sp³-hybridized carbons (Fsp3) is 0.154. The maximum atomic E-state index is 12.1. The van der Waals surface area contributed by atoms with E-state index in [9.17, 15) is 4.79 Å². The number of rotatable bonds is 2. The highest BCUT2D eigenvalue weighted by molar-refractivity contribution is 6.05. The Hall–Kier alpha value is -2.65. The Kier molecular flexibility index (Phi) is 3.90. The summed E-state index contributed by atoms with van der Waals surface area (Å²) >= 11 is 0. The number of aromatic nitrogens is 3. The Morgan fingerprint density at radius 3 is 3.05 bits per heavy atom. The van der Waals surface area contributed by atoms with Crippen molar-refractivity contribution >= 4 is 11.7 Å². The van der Waals surface area contributed by atoms with Crippen LogP contribution in [0.1, 0.15) is 15.9 Å². The molecule has 2 aromatic heterocycles. The number of hydrogen-bond acceptors (Lipinski definition) is 4. The van der Waals surface area contributed by atoms with E-state index in [-0.39, 0.29) is 12.5 Å². The van der Waals surface area contributed by atoms with Crippen LogP contribution in [0.2, 0.25) is 0 Å². The number of nitrogens with two attached hydrogens (primary N) is 1. The fourth-order valence-electron chi connectivity index (χ4n) is 1.50. The van der Waals surface area contributed by atoms with Crippen LogP contribution in [-0.2, 0) is 7.05 Å². The summed E-state index contributed by atoms with van der Waals surface area (Å²) in [6, 6.07) is 3.32. The molecule has 0 saturated heterocycles. The Labute approximate surface area is 110 Å². The van der Waals surface area contributed by atoms with Gasteiger partial charge < -0.3 is 11.1 Å². The maximum Gasteiger partial charge on any atom is 0.258 e. The van der Waals surface area contributed by atoms with Crippen LogP contribution >= 0.6 is 0 Å². The van der Waals surface area contributed by atoms with Crippen molar-refractivity contribution < 1.29 is 4.79 Å². The summed E-state index contributed by atoms with van der Waals surface area (Å²) in [7, 11) is 1.78. The zero-order valence-electron chi connectivity index (χ0n) is 10.4. The van der Waals surface area contributed by atoms with Crippen LogP contribution in [-0.4, -0.2) is 27.2 Å². The minimum absolute atomic E-state index is 0.232. The van der Waals surface area contributed by atoms with E-state index in [0.717, 1.165) is 0 Å². The van der Waals surface area contributed by atoms with E-state index < -0.39 is 0 Å². The lowest BCUT2D eigenvalue weighted by molar-refractivity contribution is 0.102. The molecule has 0 fully saturated rings. The minimum atomic E-state index is -0.276. The van der Waals surface area contributed by atoms with Gasteiger partial charge in [0.2, 0.25) is 0 Å². The lowest BCUT2D eigenvalue weighted by Gasteiger charge is -2.03. The smallest absolute Gasteiger partial charge is 0.258 e. The molecule has 0 aliphatic heterocycles. The summed E-state index contributed by atoms with van der Waals surface area (Å²) in [4.78, 5) is 16.1. The van der Waals surface area contributed by atoms with Gasteiger partial charge in [0.05, 0.1) is 17.7 Å². The molecule has 6 nitrogen and oxygen atoms in total. The highest BCUT2D eigenvalue weighted by Crippen LogP contribution is 2.09. The van der Waals surface area contributed by atoms with Gasteiger partial charge in [0.15, 0.2) is 5.82 Å². The Morgan fingerprint density at radius 2 is 2.37 bits per heavy atom. The molecule has 6 heteroatoms. The molecule has 0 aliphatic carbocycles. The second-order valence-corrected chi connectivity index (χ2v) is 3.76. The van der Waals surface area contributed by atoms with Crippen molar-refractivity contribution in [2.75, 3.05) is 11.9 Å². The van der Waals surface area contributed by atoms with Gasteiger partial charge in [-0.1, -0.05) is 11.8 Å². The number of amides is 1. The van der Waals surface area contributed by atoms with Crippen molar-refractivity contribution in [3.8, 4) is 11.8 Å². The first-order valence-electron chi connectivity index (χ1n) is 5.64. The van der Waals surface area contributed by atoms with Gasteiger partial charge in [-0.2, -0.15) is 5.10 Å². The lowest BCUT2D eigenvalue weighted by Crippen LogP contribution is -2.14. The average Bonchev–Trinajstić information content (AvgIpc) is 2.82. The van der Waals surface area contributed by atoms with Gasteiger partial charge >= 0.3 is 0 Å². The molecule has 1 amide bonds. The number of anilines is 1. The topological polar surface area (TPSA) is 85.8 Å². The van der Waals surface area contributed by atoms with Crippen LogP contribution in [0.5, 0.6) is 0 Å². The van der Waals surface area contributed by atoms with Crippen LogP contribution in [0, 0.1) is 11.8 Å². The van der Waals surface area contributed by atoms with E-state index in [1.165, 1.54) is 6.20 Å². The summed E-state index contributed by atoms with van der Waals surface area (Å²) in [6.45, 7) is 0.232. The number of nitrogens with one attached hydrogen (secondary N) is 1. The van der Waals surface area contributed by atoms with Gasteiger partial charge in [-0.3, -0.25) is 14.5 Å². The summed E-state index contributed by atoms with van der Waals surface area (Å²) in [5.41, 5.74) is 6.31. The van der Waals surface area contributed by atoms with Crippen molar-refractivity contribution in [1.82, 2.24) is 14.8 Å². The predicted octanol–water partition coefficient (Wildman–Crippen LogP) is 0.378. The molecular formula is C13H13N5O. The van der Waals surface area contributed by atoms with Crippen LogP contribution in [0.3, 0.4) is 0 Å². The highest BCUT2D eigenvalue weighted by atomic mass is 16.1. The van der Waals surface area contributed by atoms with Crippen LogP contribution < -0.4 is 11.1 Å². The molecule has 2 aromatic rings. The highest BCUT2D eigenvalue weighted by Gasteiger charge is 2.11. The molecule has 0 spiro atoms. The van der Waals surface area contributed by atoms with E-state index >= 15 is 0 Å². The maximum absolute atomic E-state index is 12.1. The number of nitrogens with zero attached hydrogens (tertiary/aromatic N) is 3. The standard InChI is InChI=1S/C13H13N5O/c1-18-8-5-12(17-18)16-13(19)11-4-7-15-9-10(11)3-2-6-14/h4-5,7-9H,6,14H2,1H3,(H,16,17,19). The van der Waals surface area contributed by atoms with E-state index in [4.69, 9.17) is 5.73 Å². The van der Waals surface area contributed by atoms with Gasteiger partial charge in [0, 0.05) is 31.7 Å². The number of pyridine rings is 1. The van der Waals surface area contributed by atoms with Crippen LogP contribution in [0.25, 0.3) is 0 Å². The second-order valence-electron chi connectivity index (χ2n) is 3.76. The molecule has 0 radical (unpaired) electrons. The van der Waals surface area contributed by atoms with Crippen molar-refractivity contribution in [3.05, 3.63) is 41.9 Å². The molecule has 3 N–H and O–H groups in total. The first-order valence-corrected chi connectivity index (χ1v) is 5.64. The third kappa shape index (κ3) is 3.18. The quantitative estimate of drug-likeness (QED) is 0.759. The monoisotopic (exact) mass is 255 g/mol. The van der Waals surface area contributed by atoms with E-state index in [2.05, 4.69) is 27.2 Å². The summed E-state index contributed by atoms with van der Waals surface area (Å²) in [6.07, 6.45) is 4.83. The molecule has 0 bridgehead atoms. The molecule has 96 valence electrons. The predicted molar refractivity (Wildman–Crippen MR) is 71.3 cm³/mol. The zero-order valence-corrected chi connectivity index (χ0v) is 10.4. The number of hydrogen-bond donors (Lipinski definition) is 2. The third-order valence-electron chi connectivity index (χ3n) is 2.35. The molecule has 0 aliphatic rings. The van der Waals surface area contributed by atoms with Crippen LogP contribution in [0.15, 0.2) is 30.7 Å². The zero-order chi connectivity index (χ0) is 13.7. The number of aryl methyl sites for hydroxylation is 1. The molecule has 0 aromatic carbocycles. The first-order chi connectivity index (χ1) is 9.20. The Morgan fingerprint density at radius 1 is 1.53 bits per heavy atom. The van der Waals surface area contributed by atoms with Gasteiger partial charge in [-0.15, -0.1) is 0 Å². The van der Waals surface area contributed by atoms with Gasteiger partial charge in [0.1, 0.15) is 0 Å². The number of carbonyl (C=O) groups is 1. The molecule has 2 rings (SSSR count). The van der Waals surface area contributed by atoms with Gasteiger partial charge in [-0.05, 0) is 6.07 Å². The largest absolute Gasteiger partial charge is 0.320 e. The summed E-state index contributed by atoms with van der Waals surface area (Å²) < 4.78 is 1.61. The van der Waals surface area contributed by atoms with Crippen molar-refractivity contribution in [1.29, 1.82) is 0 Å². The van der Waals surface area contributed by atoms with Gasteiger partial charge in [-0.25, -0.2) is 0 Å². The minimum Gasteiger partial charge on any atom is -0.320 e.